The first-order valence-electron chi connectivity index (χ1n) is 7.44. The first-order chi connectivity index (χ1) is 9.95. The molecule has 0 bridgehead atoms. The lowest BCUT2D eigenvalue weighted by atomic mass is 10.2. The maximum atomic E-state index is 12.9. The molecule has 1 aliphatic rings. The lowest BCUT2D eigenvalue weighted by molar-refractivity contribution is 0.364. The Bertz CT molecular complexity index is 566. The van der Waals surface area contributed by atoms with Crippen molar-refractivity contribution in [2.45, 2.75) is 50.5 Å². The summed E-state index contributed by atoms with van der Waals surface area (Å²) in [4.78, 5) is 1.30. The second-order valence-corrected chi connectivity index (χ2v) is 10.0. The third-order valence-corrected chi connectivity index (χ3v) is 7.48. The average molecular weight is 395 g/mol. The Kier molecular flexibility index (Phi) is 6.25. The van der Waals surface area contributed by atoms with Gasteiger partial charge >= 0.3 is 0 Å². The maximum absolute atomic E-state index is 12.9. The zero-order valence-electron chi connectivity index (χ0n) is 12.6. The van der Waals surface area contributed by atoms with Crippen LogP contribution in [0.15, 0.2) is 14.7 Å². The van der Waals surface area contributed by atoms with E-state index in [0.29, 0.717) is 24.0 Å². The number of thiophene rings is 1. The molecule has 1 aromatic heterocycles. The molecule has 0 saturated carbocycles. The van der Waals surface area contributed by atoms with E-state index >= 15 is 0 Å². The molecule has 1 aromatic rings. The van der Waals surface area contributed by atoms with Crippen LogP contribution in [-0.4, -0.2) is 38.4 Å². The molecule has 120 valence electrons. The van der Waals surface area contributed by atoms with Crippen molar-refractivity contribution in [2.75, 3.05) is 19.6 Å². The van der Waals surface area contributed by atoms with Crippen LogP contribution < -0.4 is 5.32 Å². The van der Waals surface area contributed by atoms with Crippen molar-refractivity contribution in [2.24, 2.45) is 0 Å². The molecule has 1 N–H and O–H groups in total. The Labute approximate surface area is 140 Å². The van der Waals surface area contributed by atoms with E-state index in [1.54, 1.807) is 10.4 Å². The minimum absolute atomic E-state index is 0.291. The van der Waals surface area contributed by atoms with Gasteiger partial charge in [-0.05, 0) is 54.7 Å². The molecular formula is C14H23BrN2O2S2. The number of hydrogen-bond donors (Lipinski definition) is 1. The average Bonchev–Trinajstić information content (AvgIpc) is 3.04. The van der Waals surface area contributed by atoms with Crippen LogP contribution in [0.4, 0.5) is 0 Å². The minimum atomic E-state index is -3.40. The zero-order valence-corrected chi connectivity index (χ0v) is 15.8. The molecule has 0 radical (unpaired) electrons. The molecule has 1 aliphatic heterocycles. The Morgan fingerprint density at radius 3 is 2.81 bits per heavy atom. The van der Waals surface area contributed by atoms with Gasteiger partial charge in [0.05, 0.1) is 8.68 Å². The molecule has 1 unspecified atom stereocenters. The van der Waals surface area contributed by atoms with Crippen LogP contribution in [-0.2, 0) is 10.0 Å². The van der Waals surface area contributed by atoms with Gasteiger partial charge in [0.15, 0.2) is 0 Å². The molecule has 0 aliphatic carbocycles. The van der Waals surface area contributed by atoms with E-state index in [2.05, 4.69) is 28.2 Å². The van der Waals surface area contributed by atoms with E-state index in [0.717, 1.165) is 40.9 Å². The molecule has 0 amide bonds. The van der Waals surface area contributed by atoms with E-state index < -0.39 is 10.0 Å². The summed E-state index contributed by atoms with van der Waals surface area (Å²) in [5, 5.41) is 3.39. The fourth-order valence-corrected chi connectivity index (χ4v) is 6.54. The first kappa shape index (κ1) is 17.4. The van der Waals surface area contributed by atoms with Gasteiger partial charge in [-0.15, -0.1) is 11.3 Å². The fraction of sp³-hybridized carbons (Fsp3) is 0.714. The molecule has 0 aromatic carbocycles. The van der Waals surface area contributed by atoms with Gasteiger partial charge in [0.2, 0.25) is 10.0 Å². The Balaban J connectivity index is 2.22. The van der Waals surface area contributed by atoms with Crippen LogP contribution in [0.5, 0.6) is 0 Å². The smallest absolute Gasteiger partial charge is 0.244 e. The predicted octanol–water partition coefficient (Wildman–Crippen LogP) is 3.36. The Morgan fingerprint density at radius 1 is 1.52 bits per heavy atom. The molecular weight excluding hydrogens is 372 g/mol. The van der Waals surface area contributed by atoms with Crippen molar-refractivity contribution >= 4 is 37.3 Å². The van der Waals surface area contributed by atoms with Gasteiger partial charge in [0.1, 0.15) is 0 Å². The highest BCUT2D eigenvalue weighted by Gasteiger charge is 2.30. The number of nitrogens with one attached hydrogen (secondary N) is 1. The number of unbranched alkanes of at least 4 members (excludes halogenated alkanes) is 1. The molecule has 4 nitrogen and oxygen atoms in total. The highest BCUT2D eigenvalue weighted by molar-refractivity contribution is 9.11. The Morgan fingerprint density at radius 2 is 2.29 bits per heavy atom. The van der Waals surface area contributed by atoms with E-state index in [-0.39, 0.29) is 0 Å². The highest BCUT2D eigenvalue weighted by atomic mass is 79.9. The SMILES string of the molecule is CCCCN(CC1CCCN1)S(=O)(=O)c1cc(Br)sc1C. The standard InChI is InChI=1S/C14H23BrN2O2S2/c1-3-4-8-17(10-12-6-5-7-16-12)21(18,19)13-9-14(15)20-11(13)2/h9,12,16H,3-8,10H2,1-2H3. The number of rotatable bonds is 7. The van der Waals surface area contributed by atoms with Gasteiger partial charge in [-0.25, -0.2) is 8.42 Å². The van der Waals surface area contributed by atoms with Crippen LogP contribution in [0.25, 0.3) is 0 Å². The highest BCUT2D eigenvalue weighted by Crippen LogP contribution is 2.32. The molecule has 1 saturated heterocycles. The summed E-state index contributed by atoms with van der Waals surface area (Å²) in [6.07, 6.45) is 4.09. The quantitative estimate of drug-likeness (QED) is 0.770. The van der Waals surface area contributed by atoms with Gasteiger partial charge in [0.25, 0.3) is 0 Å². The molecule has 1 fully saturated rings. The van der Waals surface area contributed by atoms with E-state index in [9.17, 15) is 8.42 Å². The summed E-state index contributed by atoms with van der Waals surface area (Å²) < 4.78 is 28.4. The van der Waals surface area contributed by atoms with E-state index in [4.69, 9.17) is 0 Å². The summed E-state index contributed by atoms with van der Waals surface area (Å²) >= 11 is 4.86. The van der Waals surface area contributed by atoms with Crippen molar-refractivity contribution in [1.29, 1.82) is 0 Å². The van der Waals surface area contributed by atoms with Crippen LogP contribution in [0, 0.1) is 6.92 Å². The number of aryl methyl sites for hydroxylation is 1. The van der Waals surface area contributed by atoms with Crippen molar-refractivity contribution < 1.29 is 8.42 Å². The summed E-state index contributed by atoms with van der Waals surface area (Å²) in [5.41, 5.74) is 0. The molecule has 2 heterocycles. The van der Waals surface area contributed by atoms with Crippen molar-refractivity contribution in [1.82, 2.24) is 9.62 Å². The third-order valence-electron chi connectivity index (χ3n) is 3.81. The number of halogens is 1. The van der Waals surface area contributed by atoms with E-state index in [1.165, 1.54) is 11.3 Å². The van der Waals surface area contributed by atoms with Crippen molar-refractivity contribution in [3.63, 3.8) is 0 Å². The van der Waals surface area contributed by atoms with E-state index in [1.807, 2.05) is 6.92 Å². The van der Waals surface area contributed by atoms with Crippen LogP contribution >= 0.6 is 27.3 Å². The van der Waals surface area contributed by atoms with Gasteiger partial charge in [-0.1, -0.05) is 13.3 Å². The van der Waals surface area contributed by atoms with Gasteiger partial charge in [-0.2, -0.15) is 4.31 Å². The lowest BCUT2D eigenvalue weighted by Gasteiger charge is -2.25. The van der Waals surface area contributed by atoms with Gasteiger partial charge < -0.3 is 5.32 Å². The minimum Gasteiger partial charge on any atom is -0.313 e. The van der Waals surface area contributed by atoms with Gasteiger partial charge in [-0.3, -0.25) is 0 Å². The van der Waals surface area contributed by atoms with Crippen molar-refractivity contribution in [3.8, 4) is 0 Å². The lowest BCUT2D eigenvalue weighted by Crippen LogP contribution is -2.41. The fourth-order valence-electron chi connectivity index (χ4n) is 2.63. The summed E-state index contributed by atoms with van der Waals surface area (Å²) in [7, 11) is -3.40. The summed E-state index contributed by atoms with van der Waals surface area (Å²) in [5.74, 6) is 0. The topological polar surface area (TPSA) is 49.4 Å². The number of sulfonamides is 1. The molecule has 1 atom stereocenters. The zero-order chi connectivity index (χ0) is 15.5. The van der Waals surface area contributed by atoms with Crippen LogP contribution in [0.3, 0.4) is 0 Å². The summed E-state index contributed by atoms with van der Waals surface area (Å²) in [6, 6.07) is 2.02. The summed E-state index contributed by atoms with van der Waals surface area (Å²) in [6.45, 7) is 6.13. The molecule has 2 rings (SSSR count). The molecule has 0 spiro atoms. The van der Waals surface area contributed by atoms with Crippen LogP contribution in [0.2, 0.25) is 0 Å². The first-order valence-corrected chi connectivity index (χ1v) is 10.5. The molecule has 7 heteroatoms. The predicted molar refractivity (Wildman–Crippen MR) is 91.4 cm³/mol. The largest absolute Gasteiger partial charge is 0.313 e. The Hall–Kier alpha value is 0.0500. The van der Waals surface area contributed by atoms with Crippen molar-refractivity contribution in [3.05, 3.63) is 14.7 Å². The normalized spacial score (nSPS) is 19.5. The van der Waals surface area contributed by atoms with Gasteiger partial charge in [0, 0.05) is 24.0 Å². The second-order valence-electron chi connectivity index (χ2n) is 5.48. The number of hydrogen-bond acceptors (Lipinski definition) is 4. The molecule has 21 heavy (non-hydrogen) atoms. The second kappa shape index (κ2) is 7.55. The third kappa shape index (κ3) is 4.28. The number of nitrogens with zero attached hydrogens (tertiary/aromatic N) is 1. The maximum Gasteiger partial charge on any atom is 0.244 e. The van der Waals surface area contributed by atoms with Crippen LogP contribution in [0.1, 0.15) is 37.5 Å². The monoisotopic (exact) mass is 394 g/mol.